The SMILES string of the molecule is O=C(CN1CCN(Cc2ccc(C(=O)Nc3ccccc3)cc2)CC1)Nc1ccccc1C(F)(F)F. The molecule has 2 N–H and O–H groups in total. The molecule has 0 atom stereocenters. The van der Waals surface area contributed by atoms with Crippen LogP contribution in [0.15, 0.2) is 78.9 Å². The Balaban J connectivity index is 1.23. The molecule has 1 fully saturated rings. The van der Waals surface area contributed by atoms with Crippen molar-refractivity contribution in [3.63, 3.8) is 0 Å². The van der Waals surface area contributed by atoms with Gasteiger partial charge in [0.25, 0.3) is 5.91 Å². The van der Waals surface area contributed by atoms with Crippen molar-refractivity contribution in [3.05, 3.63) is 95.6 Å². The van der Waals surface area contributed by atoms with Crippen LogP contribution < -0.4 is 10.6 Å². The van der Waals surface area contributed by atoms with Crippen LogP contribution in [0, 0.1) is 0 Å². The number of hydrogen-bond acceptors (Lipinski definition) is 4. The normalized spacial score (nSPS) is 14.9. The van der Waals surface area contributed by atoms with Crippen LogP contribution in [0.3, 0.4) is 0 Å². The summed E-state index contributed by atoms with van der Waals surface area (Å²) >= 11 is 0. The molecule has 1 aliphatic rings. The molecule has 1 aliphatic heterocycles. The van der Waals surface area contributed by atoms with Crippen molar-refractivity contribution in [2.75, 3.05) is 43.4 Å². The number of carbonyl (C=O) groups excluding carboxylic acids is 2. The summed E-state index contributed by atoms with van der Waals surface area (Å²) in [6, 6.07) is 21.7. The van der Waals surface area contributed by atoms with Gasteiger partial charge in [0.05, 0.1) is 17.8 Å². The number of hydrogen-bond donors (Lipinski definition) is 2. The van der Waals surface area contributed by atoms with Gasteiger partial charge in [0.2, 0.25) is 5.91 Å². The van der Waals surface area contributed by atoms with Crippen LogP contribution >= 0.6 is 0 Å². The summed E-state index contributed by atoms with van der Waals surface area (Å²) in [5.74, 6) is -0.637. The van der Waals surface area contributed by atoms with Gasteiger partial charge in [-0.05, 0) is 42.0 Å². The van der Waals surface area contributed by atoms with Gasteiger partial charge in [-0.15, -0.1) is 0 Å². The van der Waals surface area contributed by atoms with Crippen molar-refractivity contribution >= 4 is 23.2 Å². The van der Waals surface area contributed by atoms with E-state index in [4.69, 9.17) is 0 Å². The molecule has 2 amide bonds. The third-order valence-corrected chi connectivity index (χ3v) is 5.99. The number of halogens is 3. The molecule has 6 nitrogen and oxygen atoms in total. The zero-order valence-corrected chi connectivity index (χ0v) is 19.6. The second kappa shape index (κ2) is 11.4. The predicted octanol–water partition coefficient (Wildman–Crippen LogP) is 4.71. The van der Waals surface area contributed by atoms with Gasteiger partial charge in [-0.25, -0.2) is 0 Å². The van der Waals surface area contributed by atoms with E-state index < -0.39 is 17.6 Å². The number of alkyl halides is 3. The smallest absolute Gasteiger partial charge is 0.324 e. The van der Waals surface area contributed by atoms with Gasteiger partial charge >= 0.3 is 6.18 Å². The van der Waals surface area contributed by atoms with Gasteiger partial charge in [0, 0.05) is 44.0 Å². The van der Waals surface area contributed by atoms with Gasteiger partial charge in [-0.3, -0.25) is 19.4 Å². The maximum atomic E-state index is 13.1. The topological polar surface area (TPSA) is 64.7 Å². The number of carbonyl (C=O) groups is 2. The van der Waals surface area contributed by atoms with Crippen molar-refractivity contribution in [2.45, 2.75) is 12.7 Å². The molecule has 0 spiro atoms. The van der Waals surface area contributed by atoms with Gasteiger partial charge in [0.15, 0.2) is 0 Å². The number of nitrogens with one attached hydrogen (secondary N) is 2. The molecule has 4 rings (SSSR count). The molecule has 9 heteroatoms. The molecular formula is C27H27F3N4O2. The number of para-hydroxylation sites is 2. The predicted molar refractivity (Wildman–Crippen MR) is 133 cm³/mol. The lowest BCUT2D eigenvalue weighted by Gasteiger charge is -2.34. The van der Waals surface area contributed by atoms with Gasteiger partial charge < -0.3 is 10.6 Å². The van der Waals surface area contributed by atoms with Gasteiger partial charge in [-0.1, -0.05) is 42.5 Å². The number of piperazine rings is 1. The Hall–Kier alpha value is -3.69. The third-order valence-electron chi connectivity index (χ3n) is 5.99. The van der Waals surface area contributed by atoms with E-state index >= 15 is 0 Å². The quantitative estimate of drug-likeness (QED) is 0.497. The Morgan fingerprint density at radius 3 is 2.03 bits per heavy atom. The minimum atomic E-state index is -4.53. The van der Waals surface area contributed by atoms with E-state index in [0.29, 0.717) is 25.2 Å². The van der Waals surface area contributed by atoms with E-state index in [9.17, 15) is 22.8 Å². The monoisotopic (exact) mass is 496 g/mol. The highest BCUT2D eigenvalue weighted by atomic mass is 19.4. The molecule has 0 bridgehead atoms. The Kier molecular flexibility index (Phi) is 8.02. The first kappa shape index (κ1) is 25.4. The van der Waals surface area contributed by atoms with Crippen LogP contribution in [0.2, 0.25) is 0 Å². The van der Waals surface area contributed by atoms with Crippen molar-refractivity contribution in [1.29, 1.82) is 0 Å². The van der Waals surface area contributed by atoms with Crippen LogP contribution in [0.1, 0.15) is 21.5 Å². The number of nitrogens with zero attached hydrogens (tertiary/aromatic N) is 2. The van der Waals surface area contributed by atoms with Crippen molar-refractivity contribution < 1.29 is 22.8 Å². The Bertz CT molecular complexity index is 1180. The standard InChI is InChI=1S/C27H27F3N4O2/c28-27(29,30)23-8-4-5-9-24(23)32-25(35)19-34-16-14-33(15-17-34)18-20-10-12-21(13-11-20)26(36)31-22-6-2-1-3-7-22/h1-13H,14-19H2,(H,31,36)(H,32,35). The number of anilines is 2. The Morgan fingerprint density at radius 1 is 0.750 bits per heavy atom. The summed E-state index contributed by atoms with van der Waals surface area (Å²) in [5, 5.41) is 5.26. The van der Waals surface area contributed by atoms with E-state index in [1.165, 1.54) is 18.2 Å². The Morgan fingerprint density at radius 2 is 1.36 bits per heavy atom. The molecule has 1 saturated heterocycles. The van der Waals surface area contributed by atoms with E-state index in [2.05, 4.69) is 15.5 Å². The fourth-order valence-corrected chi connectivity index (χ4v) is 4.08. The Labute approximate surface area is 207 Å². The number of benzene rings is 3. The summed E-state index contributed by atoms with van der Waals surface area (Å²) in [4.78, 5) is 28.9. The minimum absolute atomic E-state index is 0.0330. The molecule has 0 radical (unpaired) electrons. The second-order valence-corrected chi connectivity index (χ2v) is 8.66. The van der Waals surface area contributed by atoms with Crippen LogP contribution in [0.25, 0.3) is 0 Å². The average Bonchev–Trinajstić information content (AvgIpc) is 2.86. The van der Waals surface area contributed by atoms with Crippen LogP contribution in [0.4, 0.5) is 24.5 Å². The summed E-state index contributed by atoms with van der Waals surface area (Å²) in [5.41, 5.74) is 1.30. The third kappa shape index (κ3) is 6.93. The second-order valence-electron chi connectivity index (χ2n) is 8.66. The summed E-state index contributed by atoms with van der Waals surface area (Å²) in [7, 11) is 0. The summed E-state index contributed by atoms with van der Waals surface area (Å²) in [6.07, 6.45) is -4.53. The van der Waals surface area contributed by atoms with Crippen molar-refractivity contribution in [3.8, 4) is 0 Å². The first-order valence-corrected chi connectivity index (χ1v) is 11.6. The highest BCUT2D eigenvalue weighted by molar-refractivity contribution is 6.04. The van der Waals surface area contributed by atoms with Crippen LogP contribution in [0.5, 0.6) is 0 Å². The van der Waals surface area contributed by atoms with E-state index in [0.717, 1.165) is 30.4 Å². The lowest BCUT2D eigenvalue weighted by molar-refractivity contribution is -0.137. The molecule has 1 heterocycles. The molecule has 0 aliphatic carbocycles. The van der Waals surface area contributed by atoms with Crippen LogP contribution in [-0.4, -0.2) is 54.3 Å². The van der Waals surface area contributed by atoms with Gasteiger partial charge in [-0.2, -0.15) is 13.2 Å². The maximum Gasteiger partial charge on any atom is 0.418 e. The first-order valence-electron chi connectivity index (χ1n) is 11.6. The fraction of sp³-hybridized carbons (Fsp3) is 0.259. The van der Waals surface area contributed by atoms with Gasteiger partial charge in [0.1, 0.15) is 0 Å². The molecule has 0 aromatic heterocycles. The van der Waals surface area contributed by atoms with Crippen LogP contribution in [-0.2, 0) is 17.5 Å². The van der Waals surface area contributed by atoms with Crippen molar-refractivity contribution in [2.24, 2.45) is 0 Å². The highest BCUT2D eigenvalue weighted by Crippen LogP contribution is 2.34. The molecule has 188 valence electrons. The molecule has 0 unspecified atom stereocenters. The highest BCUT2D eigenvalue weighted by Gasteiger charge is 2.33. The van der Waals surface area contributed by atoms with E-state index in [-0.39, 0.29) is 18.1 Å². The molecule has 36 heavy (non-hydrogen) atoms. The van der Waals surface area contributed by atoms with E-state index in [1.54, 1.807) is 12.1 Å². The fourth-order valence-electron chi connectivity index (χ4n) is 4.08. The average molecular weight is 497 g/mol. The largest absolute Gasteiger partial charge is 0.418 e. The maximum absolute atomic E-state index is 13.1. The molecule has 0 saturated carbocycles. The zero-order chi connectivity index (χ0) is 25.5. The summed E-state index contributed by atoms with van der Waals surface area (Å²) in [6.45, 7) is 3.45. The molecular weight excluding hydrogens is 469 g/mol. The summed E-state index contributed by atoms with van der Waals surface area (Å²) < 4.78 is 39.4. The lowest BCUT2D eigenvalue weighted by Crippen LogP contribution is -2.48. The number of rotatable bonds is 7. The number of amides is 2. The minimum Gasteiger partial charge on any atom is -0.324 e. The van der Waals surface area contributed by atoms with E-state index in [1.807, 2.05) is 47.4 Å². The zero-order valence-electron chi connectivity index (χ0n) is 19.6. The first-order chi connectivity index (χ1) is 17.3. The van der Waals surface area contributed by atoms with Crippen molar-refractivity contribution in [1.82, 2.24) is 9.80 Å². The molecule has 3 aromatic rings. The lowest BCUT2D eigenvalue weighted by atomic mass is 10.1. The molecule has 3 aromatic carbocycles.